The quantitative estimate of drug-likeness (QED) is 0.831. The molecule has 0 aliphatic heterocycles. The van der Waals surface area contributed by atoms with E-state index in [1.54, 1.807) is 14.2 Å². The van der Waals surface area contributed by atoms with Crippen LogP contribution in [0.1, 0.15) is 30.7 Å². The first-order valence-electron chi connectivity index (χ1n) is 6.67. The fraction of sp³-hybridized carbons (Fsp3) is 0.600. The van der Waals surface area contributed by atoms with Crippen LogP contribution >= 0.6 is 0 Å². The van der Waals surface area contributed by atoms with E-state index in [2.05, 4.69) is 0 Å². The number of ether oxygens (including phenoxy) is 3. The van der Waals surface area contributed by atoms with E-state index in [-0.39, 0.29) is 18.1 Å². The zero-order valence-corrected chi connectivity index (χ0v) is 11.5. The van der Waals surface area contributed by atoms with Crippen LogP contribution in [0.15, 0.2) is 24.3 Å². The maximum absolute atomic E-state index is 9.87. The second-order valence-corrected chi connectivity index (χ2v) is 4.96. The molecule has 19 heavy (non-hydrogen) atoms. The van der Waals surface area contributed by atoms with E-state index in [0.29, 0.717) is 6.79 Å². The third kappa shape index (κ3) is 3.69. The van der Waals surface area contributed by atoms with Crippen LogP contribution in [0.4, 0.5) is 0 Å². The van der Waals surface area contributed by atoms with Gasteiger partial charge in [-0.2, -0.15) is 0 Å². The summed E-state index contributed by atoms with van der Waals surface area (Å²) in [5.41, 5.74) is 1.18. The second-order valence-electron chi connectivity index (χ2n) is 4.96. The van der Waals surface area contributed by atoms with Crippen LogP contribution in [0.2, 0.25) is 0 Å². The van der Waals surface area contributed by atoms with E-state index >= 15 is 0 Å². The van der Waals surface area contributed by atoms with Crippen molar-refractivity contribution < 1.29 is 19.3 Å². The topological polar surface area (TPSA) is 47.9 Å². The van der Waals surface area contributed by atoms with Gasteiger partial charge in [-0.1, -0.05) is 12.1 Å². The lowest BCUT2D eigenvalue weighted by molar-refractivity contribution is -0.0998. The van der Waals surface area contributed by atoms with Crippen molar-refractivity contribution in [3.63, 3.8) is 0 Å². The van der Waals surface area contributed by atoms with Crippen LogP contribution in [0.25, 0.3) is 0 Å². The van der Waals surface area contributed by atoms with E-state index < -0.39 is 0 Å². The van der Waals surface area contributed by atoms with Crippen LogP contribution in [0, 0.1) is 0 Å². The van der Waals surface area contributed by atoms with Gasteiger partial charge in [-0.3, -0.25) is 0 Å². The highest BCUT2D eigenvalue weighted by molar-refractivity contribution is 5.30. The maximum atomic E-state index is 9.87. The predicted octanol–water partition coefficient (Wildman–Crippen LogP) is 2.31. The van der Waals surface area contributed by atoms with Gasteiger partial charge in [0, 0.05) is 13.0 Å². The summed E-state index contributed by atoms with van der Waals surface area (Å²) in [7, 11) is 3.28. The third-order valence-electron chi connectivity index (χ3n) is 3.70. The number of aliphatic hydroxyl groups excluding tert-OH is 1. The Labute approximate surface area is 114 Å². The SMILES string of the molecule is COCO[C@@H]1CC[C@H](O)C[C@H]1c1ccc(OC)cc1. The number of methoxy groups -OCH3 is 2. The van der Waals surface area contributed by atoms with E-state index in [1.807, 2.05) is 24.3 Å². The first kappa shape index (κ1) is 14.3. The highest BCUT2D eigenvalue weighted by Crippen LogP contribution is 2.35. The molecule has 0 aromatic heterocycles. The van der Waals surface area contributed by atoms with E-state index in [0.717, 1.165) is 25.0 Å². The molecule has 1 saturated carbocycles. The molecule has 1 aromatic rings. The van der Waals surface area contributed by atoms with Gasteiger partial charge >= 0.3 is 0 Å². The first-order chi connectivity index (χ1) is 9.24. The van der Waals surface area contributed by atoms with Crippen LogP contribution in [-0.2, 0) is 9.47 Å². The maximum Gasteiger partial charge on any atom is 0.146 e. The lowest BCUT2D eigenvalue weighted by atomic mass is 9.80. The summed E-state index contributed by atoms with van der Waals surface area (Å²) in [6, 6.07) is 7.99. The van der Waals surface area contributed by atoms with Gasteiger partial charge in [-0.05, 0) is 37.0 Å². The molecular formula is C15H22O4. The normalized spacial score (nSPS) is 27.2. The molecule has 3 atom stereocenters. The van der Waals surface area contributed by atoms with Crippen molar-refractivity contribution >= 4 is 0 Å². The minimum Gasteiger partial charge on any atom is -0.497 e. The Bertz CT molecular complexity index is 374. The second kappa shape index (κ2) is 6.89. The first-order valence-corrected chi connectivity index (χ1v) is 6.67. The summed E-state index contributed by atoms with van der Waals surface area (Å²) < 4.78 is 15.9. The molecule has 1 aliphatic rings. The van der Waals surface area contributed by atoms with Gasteiger partial charge in [0.05, 0.1) is 19.3 Å². The summed E-state index contributed by atoms with van der Waals surface area (Å²) in [5, 5.41) is 9.87. The van der Waals surface area contributed by atoms with Crippen molar-refractivity contribution in [2.45, 2.75) is 37.4 Å². The minimum atomic E-state index is -0.241. The van der Waals surface area contributed by atoms with Gasteiger partial charge in [0.25, 0.3) is 0 Å². The average molecular weight is 266 g/mol. The average Bonchev–Trinajstić information content (AvgIpc) is 2.46. The molecule has 106 valence electrons. The molecule has 0 saturated heterocycles. The largest absolute Gasteiger partial charge is 0.497 e. The van der Waals surface area contributed by atoms with Crippen LogP contribution in [0.5, 0.6) is 5.75 Å². The van der Waals surface area contributed by atoms with E-state index in [9.17, 15) is 5.11 Å². The molecular weight excluding hydrogens is 244 g/mol. The van der Waals surface area contributed by atoms with Gasteiger partial charge in [-0.25, -0.2) is 0 Å². The number of benzene rings is 1. The summed E-state index contributed by atoms with van der Waals surface area (Å²) >= 11 is 0. The highest BCUT2D eigenvalue weighted by atomic mass is 16.7. The summed E-state index contributed by atoms with van der Waals surface area (Å²) in [4.78, 5) is 0. The number of aliphatic hydroxyl groups is 1. The lowest BCUT2D eigenvalue weighted by Crippen LogP contribution is -2.32. The molecule has 1 fully saturated rings. The molecule has 0 heterocycles. The van der Waals surface area contributed by atoms with Crippen LogP contribution < -0.4 is 4.74 Å². The number of rotatable bonds is 5. The molecule has 4 nitrogen and oxygen atoms in total. The summed E-state index contributed by atoms with van der Waals surface area (Å²) in [5.74, 6) is 1.05. The molecule has 0 unspecified atom stereocenters. The monoisotopic (exact) mass is 266 g/mol. The standard InChI is InChI=1S/C15H22O4/c1-17-10-19-15-8-5-12(16)9-14(15)11-3-6-13(18-2)7-4-11/h3-4,6-7,12,14-16H,5,8-10H2,1-2H3/t12-,14-,15+/m0/s1. The molecule has 2 rings (SSSR count). The fourth-order valence-corrected chi connectivity index (χ4v) is 2.68. The zero-order valence-electron chi connectivity index (χ0n) is 11.5. The molecule has 0 bridgehead atoms. The van der Waals surface area contributed by atoms with Crippen molar-refractivity contribution in [1.82, 2.24) is 0 Å². The lowest BCUT2D eigenvalue weighted by Gasteiger charge is -2.34. The Kier molecular flexibility index (Phi) is 5.19. The third-order valence-corrected chi connectivity index (χ3v) is 3.70. The predicted molar refractivity (Wildman–Crippen MR) is 72.3 cm³/mol. The molecule has 4 heteroatoms. The zero-order chi connectivity index (χ0) is 13.7. The van der Waals surface area contributed by atoms with Gasteiger partial charge in [0.2, 0.25) is 0 Å². The van der Waals surface area contributed by atoms with Crippen LogP contribution in [0.3, 0.4) is 0 Å². The Morgan fingerprint density at radius 1 is 1.16 bits per heavy atom. The van der Waals surface area contributed by atoms with Gasteiger partial charge in [0.1, 0.15) is 12.5 Å². The smallest absolute Gasteiger partial charge is 0.146 e. The molecule has 1 N–H and O–H groups in total. The number of hydrogen-bond donors (Lipinski definition) is 1. The fourth-order valence-electron chi connectivity index (χ4n) is 2.68. The Hall–Kier alpha value is -1.10. The van der Waals surface area contributed by atoms with Crippen molar-refractivity contribution in [3.05, 3.63) is 29.8 Å². The minimum absolute atomic E-state index is 0.108. The molecule has 1 aromatic carbocycles. The van der Waals surface area contributed by atoms with E-state index in [4.69, 9.17) is 14.2 Å². The van der Waals surface area contributed by atoms with E-state index in [1.165, 1.54) is 5.56 Å². The summed E-state index contributed by atoms with van der Waals surface area (Å²) in [6.07, 6.45) is 2.26. The number of hydrogen-bond acceptors (Lipinski definition) is 4. The molecule has 0 radical (unpaired) electrons. The summed E-state index contributed by atoms with van der Waals surface area (Å²) in [6.45, 7) is 0.299. The Balaban J connectivity index is 2.11. The van der Waals surface area contributed by atoms with Gasteiger partial charge in [-0.15, -0.1) is 0 Å². The Morgan fingerprint density at radius 3 is 2.53 bits per heavy atom. The van der Waals surface area contributed by atoms with Crippen LogP contribution in [-0.4, -0.2) is 38.3 Å². The van der Waals surface area contributed by atoms with Crippen molar-refractivity contribution in [3.8, 4) is 5.75 Å². The van der Waals surface area contributed by atoms with Crippen molar-refractivity contribution in [2.75, 3.05) is 21.0 Å². The van der Waals surface area contributed by atoms with Crippen molar-refractivity contribution in [1.29, 1.82) is 0 Å². The van der Waals surface area contributed by atoms with Crippen molar-refractivity contribution in [2.24, 2.45) is 0 Å². The van der Waals surface area contributed by atoms with Gasteiger partial charge in [0.15, 0.2) is 0 Å². The molecule has 0 spiro atoms. The Morgan fingerprint density at radius 2 is 1.89 bits per heavy atom. The molecule has 1 aliphatic carbocycles. The highest BCUT2D eigenvalue weighted by Gasteiger charge is 2.31. The van der Waals surface area contributed by atoms with Gasteiger partial charge < -0.3 is 19.3 Å². The molecule has 0 amide bonds.